The monoisotopic (exact) mass is 395 g/mol. The van der Waals surface area contributed by atoms with Gasteiger partial charge in [0.05, 0.1) is 5.02 Å². The van der Waals surface area contributed by atoms with Crippen LogP contribution in [0.4, 0.5) is 5.69 Å². The maximum absolute atomic E-state index is 12.2. The van der Waals surface area contributed by atoms with Crippen LogP contribution >= 0.6 is 11.6 Å². The van der Waals surface area contributed by atoms with E-state index in [0.29, 0.717) is 6.54 Å². The summed E-state index contributed by atoms with van der Waals surface area (Å²) in [5, 5.41) is 2.92. The predicted octanol–water partition coefficient (Wildman–Crippen LogP) is 2.39. The zero-order valence-electron chi connectivity index (χ0n) is 14.7. The molecule has 0 radical (unpaired) electrons. The van der Waals surface area contributed by atoms with Gasteiger partial charge in [0, 0.05) is 39.3 Å². The molecule has 140 valence electrons. The molecule has 0 aromatic heterocycles. The van der Waals surface area contributed by atoms with Gasteiger partial charge in [-0.15, -0.1) is 0 Å². The highest BCUT2D eigenvalue weighted by Gasteiger charge is 2.17. The number of nitrogens with zero attached hydrogens (tertiary/aromatic N) is 1. The van der Waals surface area contributed by atoms with Gasteiger partial charge in [-0.05, 0) is 29.8 Å². The molecule has 2 aromatic rings. The number of carbonyl (C=O) groups excluding carboxylic acids is 1. The molecule has 26 heavy (non-hydrogen) atoms. The normalized spacial score (nSPS) is 11.2. The number of rotatable bonds is 8. The van der Waals surface area contributed by atoms with E-state index < -0.39 is 10.0 Å². The molecule has 0 fully saturated rings. The molecule has 1 amide bonds. The molecule has 2 aromatic carbocycles. The molecule has 0 atom stereocenters. The molecule has 0 spiro atoms. The summed E-state index contributed by atoms with van der Waals surface area (Å²) >= 11 is 5.90. The topological polar surface area (TPSA) is 78.5 Å². The second kappa shape index (κ2) is 9.02. The minimum atomic E-state index is -3.73. The Labute approximate surface area is 159 Å². The second-order valence-electron chi connectivity index (χ2n) is 5.92. The highest BCUT2D eigenvalue weighted by molar-refractivity contribution is 7.89. The fourth-order valence-electron chi connectivity index (χ4n) is 2.24. The average Bonchev–Trinajstić information content (AvgIpc) is 2.60. The molecule has 2 N–H and O–H groups in total. The fourth-order valence-corrected chi connectivity index (χ4v) is 3.79. The Hall–Kier alpha value is -2.09. The Morgan fingerprint density at radius 3 is 2.35 bits per heavy atom. The minimum absolute atomic E-state index is 0.00103. The molecule has 0 unspecified atom stereocenters. The number of anilines is 1. The molecule has 0 aliphatic heterocycles. The van der Waals surface area contributed by atoms with Gasteiger partial charge in [0.1, 0.15) is 4.90 Å². The van der Waals surface area contributed by atoms with Gasteiger partial charge in [0.25, 0.3) is 0 Å². The lowest BCUT2D eigenvalue weighted by atomic mass is 10.2. The van der Waals surface area contributed by atoms with Crippen LogP contribution in [0.5, 0.6) is 0 Å². The van der Waals surface area contributed by atoms with Gasteiger partial charge in [-0.3, -0.25) is 4.79 Å². The van der Waals surface area contributed by atoms with E-state index in [0.717, 1.165) is 11.3 Å². The van der Waals surface area contributed by atoms with Crippen molar-refractivity contribution in [1.29, 1.82) is 0 Å². The largest absolute Gasteiger partial charge is 0.378 e. The molecule has 0 saturated carbocycles. The van der Waals surface area contributed by atoms with Crippen molar-refractivity contribution in [1.82, 2.24) is 10.0 Å². The third kappa shape index (κ3) is 5.72. The van der Waals surface area contributed by atoms with E-state index in [1.165, 1.54) is 12.1 Å². The summed E-state index contributed by atoms with van der Waals surface area (Å²) in [4.78, 5) is 13.9. The quantitative estimate of drug-likeness (QED) is 0.719. The van der Waals surface area contributed by atoms with Crippen LogP contribution in [0.15, 0.2) is 53.4 Å². The third-order valence-electron chi connectivity index (χ3n) is 3.71. The van der Waals surface area contributed by atoms with E-state index >= 15 is 0 Å². The molecule has 6 nitrogen and oxygen atoms in total. The first kappa shape index (κ1) is 20.2. The molecule has 0 aliphatic carbocycles. The van der Waals surface area contributed by atoms with Gasteiger partial charge in [-0.25, -0.2) is 13.1 Å². The second-order valence-corrected chi connectivity index (χ2v) is 8.06. The minimum Gasteiger partial charge on any atom is -0.378 e. The number of hydrogen-bond acceptors (Lipinski definition) is 4. The first-order chi connectivity index (χ1) is 12.3. The van der Waals surface area contributed by atoms with Crippen molar-refractivity contribution in [3.63, 3.8) is 0 Å². The summed E-state index contributed by atoms with van der Waals surface area (Å²) in [6.07, 6.45) is 0.0411. The lowest BCUT2D eigenvalue weighted by Crippen LogP contribution is -2.30. The van der Waals surface area contributed by atoms with Crippen LogP contribution in [-0.2, 0) is 21.4 Å². The van der Waals surface area contributed by atoms with Crippen LogP contribution in [0.2, 0.25) is 5.02 Å². The summed E-state index contributed by atoms with van der Waals surface area (Å²) in [6.45, 7) is 0.392. The summed E-state index contributed by atoms with van der Waals surface area (Å²) in [7, 11) is 0.184. The molecular formula is C18H22ClN3O3S. The summed E-state index contributed by atoms with van der Waals surface area (Å²) in [5.74, 6) is -0.233. The van der Waals surface area contributed by atoms with E-state index in [4.69, 9.17) is 11.6 Å². The van der Waals surface area contributed by atoms with Crippen LogP contribution < -0.4 is 14.9 Å². The van der Waals surface area contributed by atoms with Crippen molar-refractivity contribution in [2.24, 2.45) is 0 Å². The van der Waals surface area contributed by atoms with E-state index in [-0.39, 0.29) is 28.8 Å². The highest BCUT2D eigenvalue weighted by Crippen LogP contribution is 2.19. The van der Waals surface area contributed by atoms with Crippen molar-refractivity contribution >= 4 is 33.2 Å². The maximum Gasteiger partial charge on any atom is 0.242 e. The van der Waals surface area contributed by atoms with E-state index in [1.807, 2.05) is 43.3 Å². The van der Waals surface area contributed by atoms with Crippen molar-refractivity contribution < 1.29 is 13.2 Å². The van der Waals surface area contributed by atoms with Crippen LogP contribution in [0, 0.1) is 0 Å². The molecule has 0 bridgehead atoms. The Morgan fingerprint density at radius 2 is 1.73 bits per heavy atom. The Kier molecular flexibility index (Phi) is 7.02. The fraction of sp³-hybridized carbons (Fsp3) is 0.278. The number of hydrogen-bond donors (Lipinski definition) is 2. The molecule has 2 rings (SSSR count). The van der Waals surface area contributed by atoms with E-state index in [9.17, 15) is 13.2 Å². The molecule has 8 heteroatoms. The number of sulfonamides is 1. The highest BCUT2D eigenvalue weighted by atomic mass is 35.5. The summed E-state index contributed by atoms with van der Waals surface area (Å²) in [5.41, 5.74) is 2.05. The zero-order chi connectivity index (χ0) is 19.2. The summed E-state index contributed by atoms with van der Waals surface area (Å²) < 4.78 is 26.7. The molecular weight excluding hydrogens is 374 g/mol. The molecule has 0 saturated heterocycles. The number of amides is 1. The Bertz CT molecular complexity index is 852. The SMILES string of the molecule is CN(C)c1ccc(CNC(=O)CCNS(=O)(=O)c2ccccc2Cl)cc1. The van der Waals surface area contributed by atoms with Gasteiger partial charge >= 0.3 is 0 Å². The molecule has 0 heterocycles. The first-order valence-electron chi connectivity index (χ1n) is 8.07. The van der Waals surface area contributed by atoms with Crippen molar-refractivity contribution in [2.45, 2.75) is 17.9 Å². The smallest absolute Gasteiger partial charge is 0.242 e. The van der Waals surface area contributed by atoms with Crippen molar-refractivity contribution in [3.8, 4) is 0 Å². The van der Waals surface area contributed by atoms with Gasteiger partial charge in [-0.2, -0.15) is 0 Å². The Morgan fingerprint density at radius 1 is 1.08 bits per heavy atom. The van der Waals surface area contributed by atoms with Crippen LogP contribution in [0.3, 0.4) is 0 Å². The van der Waals surface area contributed by atoms with Crippen LogP contribution in [-0.4, -0.2) is 35.0 Å². The zero-order valence-corrected chi connectivity index (χ0v) is 16.3. The van der Waals surface area contributed by atoms with Gasteiger partial charge in [-0.1, -0.05) is 35.9 Å². The number of benzene rings is 2. The van der Waals surface area contributed by atoms with E-state index in [1.54, 1.807) is 12.1 Å². The summed E-state index contributed by atoms with van der Waals surface area (Å²) in [6, 6.07) is 14.0. The molecule has 0 aliphatic rings. The predicted molar refractivity (Wildman–Crippen MR) is 104 cm³/mol. The van der Waals surface area contributed by atoms with Crippen LogP contribution in [0.25, 0.3) is 0 Å². The third-order valence-corrected chi connectivity index (χ3v) is 5.67. The number of carbonyl (C=O) groups is 1. The van der Waals surface area contributed by atoms with Crippen molar-refractivity contribution in [2.75, 3.05) is 25.5 Å². The van der Waals surface area contributed by atoms with Crippen molar-refractivity contribution in [3.05, 3.63) is 59.1 Å². The average molecular weight is 396 g/mol. The van der Waals surface area contributed by atoms with E-state index in [2.05, 4.69) is 10.0 Å². The lowest BCUT2D eigenvalue weighted by molar-refractivity contribution is -0.121. The standard InChI is InChI=1S/C18H22ClN3O3S/c1-22(2)15-9-7-14(8-10-15)13-20-18(23)11-12-21-26(24,25)17-6-4-3-5-16(17)19/h3-10,21H,11-13H2,1-2H3,(H,20,23). The number of halogens is 1. The van der Waals surface area contributed by atoms with Gasteiger partial charge in [0.2, 0.25) is 15.9 Å². The lowest BCUT2D eigenvalue weighted by Gasteiger charge is -2.13. The van der Waals surface area contributed by atoms with Gasteiger partial charge in [0.15, 0.2) is 0 Å². The Balaban J connectivity index is 1.79. The first-order valence-corrected chi connectivity index (χ1v) is 9.93. The maximum atomic E-state index is 12.2. The van der Waals surface area contributed by atoms with Crippen LogP contribution in [0.1, 0.15) is 12.0 Å². The number of nitrogens with one attached hydrogen (secondary N) is 2. The van der Waals surface area contributed by atoms with Gasteiger partial charge < -0.3 is 10.2 Å².